The summed E-state index contributed by atoms with van der Waals surface area (Å²) in [6.07, 6.45) is 2.72. The van der Waals surface area contributed by atoms with Crippen LogP contribution in [-0.2, 0) is 11.3 Å². The van der Waals surface area contributed by atoms with Crippen molar-refractivity contribution in [3.05, 3.63) is 23.7 Å². The summed E-state index contributed by atoms with van der Waals surface area (Å²) in [7, 11) is 1.75. The number of thioether (sulfide) groups is 1. The van der Waals surface area contributed by atoms with Crippen molar-refractivity contribution >= 4 is 17.7 Å². The second-order valence-corrected chi connectivity index (χ2v) is 5.08. The van der Waals surface area contributed by atoms with Crippen molar-refractivity contribution in [3.63, 3.8) is 0 Å². The van der Waals surface area contributed by atoms with Gasteiger partial charge >= 0.3 is 0 Å². The van der Waals surface area contributed by atoms with Crippen LogP contribution >= 0.6 is 11.8 Å². The molecule has 1 rings (SSSR count). The molecule has 1 aromatic rings. The van der Waals surface area contributed by atoms with E-state index in [1.54, 1.807) is 23.7 Å². The van der Waals surface area contributed by atoms with Crippen molar-refractivity contribution in [1.82, 2.24) is 4.90 Å². The van der Waals surface area contributed by atoms with E-state index in [4.69, 9.17) is 10.2 Å². The topological polar surface area (TPSA) is 59.5 Å². The zero-order valence-electron chi connectivity index (χ0n) is 10.6. The van der Waals surface area contributed by atoms with E-state index in [0.29, 0.717) is 13.0 Å². The van der Waals surface area contributed by atoms with Gasteiger partial charge < -0.3 is 15.1 Å². The highest BCUT2D eigenvalue weighted by Crippen LogP contribution is 2.10. The van der Waals surface area contributed by atoms with E-state index < -0.39 is 6.04 Å². The highest BCUT2D eigenvalue weighted by molar-refractivity contribution is 7.98. The lowest BCUT2D eigenvalue weighted by Gasteiger charge is -2.20. The van der Waals surface area contributed by atoms with E-state index >= 15 is 0 Å². The number of rotatable bonds is 6. The Labute approximate surface area is 107 Å². The first-order valence-corrected chi connectivity index (χ1v) is 6.98. The fourth-order valence-electron chi connectivity index (χ4n) is 1.53. The molecular formula is C12H20N2O2S. The molecule has 4 nitrogen and oxygen atoms in total. The van der Waals surface area contributed by atoms with Crippen LogP contribution in [0.2, 0.25) is 0 Å². The fraction of sp³-hybridized carbons (Fsp3) is 0.583. The molecule has 0 radical (unpaired) electrons. The lowest BCUT2D eigenvalue weighted by atomic mass is 10.2. The summed E-state index contributed by atoms with van der Waals surface area (Å²) >= 11 is 1.70. The maximum absolute atomic E-state index is 11.9. The molecule has 1 atom stereocenters. The van der Waals surface area contributed by atoms with Crippen molar-refractivity contribution < 1.29 is 9.21 Å². The maximum Gasteiger partial charge on any atom is 0.239 e. The van der Waals surface area contributed by atoms with Crippen LogP contribution in [0.4, 0.5) is 0 Å². The van der Waals surface area contributed by atoms with E-state index in [1.165, 1.54) is 0 Å². The first-order valence-electron chi connectivity index (χ1n) is 5.59. The minimum Gasteiger partial charge on any atom is -0.464 e. The van der Waals surface area contributed by atoms with E-state index in [-0.39, 0.29) is 5.91 Å². The van der Waals surface area contributed by atoms with Crippen LogP contribution in [0.3, 0.4) is 0 Å². The molecule has 1 heterocycles. The first-order chi connectivity index (χ1) is 8.04. The number of amides is 1. The minimum absolute atomic E-state index is 0.0342. The molecule has 0 spiro atoms. The van der Waals surface area contributed by atoms with Gasteiger partial charge in [0.15, 0.2) is 0 Å². The molecule has 96 valence electrons. The molecule has 0 aliphatic heterocycles. The molecule has 1 amide bonds. The van der Waals surface area contributed by atoms with E-state index in [1.807, 2.05) is 25.3 Å². The van der Waals surface area contributed by atoms with Crippen molar-refractivity contribution in [2.75, 3.05) is 19.1 Å². The first kappa shape index (κ1) is 14.1. The molecule has 0 bridgehead atoms. The quantitative estimate of drug-likeness (QED) is 0.840. The van der Waals surface area contributed by atoms with Crippen LogP contribution in [-0.4, -0.2) is 35.9 Å². The molecule has 0 aliphatic carbocycles. The fourth-order valence-corrected chi connectivity index (χ4v) is 2.02. The van der Waals surface area contributed by atoms with Gasteiger partial charge in [0.05, 0.1) is 12.6 Å². The SMILES string of the molecule is CSCC[C@@H](N)C(=O)N(C)Cc1ccc(C)o1. The Bertz CT molecular complexity index is 365. The Hall–Kier alpha value is -0.940. The Morgan fingerprint density at radius 3 is 2.82 bits per heavy atom. The lowest BCUT2D eigenvalue weighted by molar-refractivity contribution is -0.132. The number of carbonyl (C=O) groups excluding carboxylic acids is 1. The van der Waals surface area contributed by atoms with Gasteiger partial charge in [-0.2, -0.15) is 11.8 Å². The highest BCUT2D eigenvalue weighted by atomic mass is 32.2. The van der Waals surface area contributed by atoms with Crippen LogP contribution < -0.4 is 5.73 Å². The van der Waals surface area contributed by atoms with E-state index in [0.717, 1.165) is 17.3 Å². The Balaban J connectivity index is 2.46. The average molecular weight is 256 g/mol. The standard InChI is InChI=1S/C12H20N2O2S/c1-9-4-5-10(16-9)8-14(2)12(15)11(13)6-7-17-3/h4-5,11H,6-8,13H2,1-3H3/t11-/m1/s1. The number of hydrogen-bond donors (Lipinski definition) is 1. The predicted octanol–water partition coefficient (Wildman–Crippen LogP) is 1.63. The molecule has 17 heavy (non-hydrogen) atoms. The highest BCUT2D eigenvalue weighted by Gasteiger charge is 2.18. The maximum atomic E-state index is 11.9. The molecule has 0 unspecified atom stereocenters. The smallest absolute Gasteiger partial charge is 0.239 e. The number of hydrogen-bond acceptors (Lipinski definition) is 4. The minimum atomic E-state index is -0.413. The normalized spacial score (nSPS) is 12.5. The van der Waals surface area contributed by atoms with Gasteiger partial charge in [0.25, 0.3) is 0 Å². The van der Waals surface area contributed by atoms with E-state index in [9.17, 15) is 4.79 Å². The number of carbonyl (C=O) groups is 1. The molecule has 0 fully saturated rings. The van der Waals surface area contributed by atoms with Crippen LogP contribution in [0, 0.1) is 6.92 Å². The van der Waals surface area contributed by atoms with E-state index in [2.05, 4.69) is 0 Å². The zero-order chi connectivity index (χ0) is 12.8. The Kier molecular flexibility index (Phi) is 5.58. The zero-order valence-corrected chi connectivity index (χ0v) is 11.4. The molecule has 0 aliphatic rings. The van der Waals surface area contributed by atoms with Gasteiger partial charge in [0.2, 0.25) is 5.91 Å². The van der Waals surface area contributed by atoms with Crippen LogP contribution in [0.5, 0.6) is 0 Å². The van der Waals surface area contributed by atoms with Crippen molar-refractivity contribution in [2.24, 2.45) is 5.73 Å². The number of nitrogens with zero attached hydrogens (tertiary/aromatic N) is 1. The largest absolute Gasteiger partial charge is 0.464 e. The van der Waals surface area contributed by atoms with Gasteiger partial charge in [-0.05, 0) is 37.5 Å². The van der Waals surface area contributed by atoms with Crippen molar-refractivity contribution in [1.29, 1.82) is 0 Å². The summed E-state index contributed by atoms with van der Waals surface area (Å²) in [5.41, 5.74) is 5.83. The van der Waals surface area contributed by atoms with Gasteiger partial charge in [-0.25, -0.2) is 0 Å². The molecule has 0 saturated heterocycles. The third kappa shape index (κ3) is 4.44. The lowest BCUT2D eigenvalue weighted by Crippen LogP contribution is -2.41. The second kappa shape index (κ2) is 6.71. The summed E-state index contributed by atoms with van der Waals surface area (Å²) in [4.78, 5) is 13.5. The third-order valence-corrected chi connectivity index (χ3v) is 3.16. The van der Waals surface area contributed by atoms with Crippen molar-refractivity contribution in [2.45, 2.75) is 25.9 Å². The summed E-state index contributed by atoms with van der Waals surface area (Å²) in [6.45, 7) is 2.36. The van der Waals surface area contributed by atoms with Gasteiger partial charge in [-0.15, -0.1) is 0 Å². The molecule has 0 saturated carbocycles. The summed E-state index contributed by atoms with van der Waals surface area (Å²) in [5.74, 6) is 2.51. The molecule has 1 aromatic heterocycles. The van der Waals surface area contributed by atoms with Crippen LogP contribution in [0.25, 0.3) is 0 Å². The summed E-state index contributed by atoms with van der Waals surface area (Å²) < 4.78 is 5.43. The summed E-state index contributed by atoms with van der Waals surface area (Å²) in [6, 6.07) is 3.36. The number of aryl methyl sites for hydroxylation is 1. The number of nitrogens with two attached hydrogens (primary N) is 1. The molecule has 0 aromatic carbocycles. The summed E-state index contributed by atoms with van der Waals surface area (Å²) in [5, 5.41) is 0. The van der Waals surface area contributed by atoms with Gasteiger partial charge in [-0.1, -0.05) is 0 Å². The number of likely N-dealkylation sites (N-methyl/N-ethyl adjacent to an activating group) is 1. The average Bonchev–Trinajstić information content (AvgIpc) is 2.70. The molecule has 2 N–H and O–H groups in total. The van der Waals surface area contributed by atoms with Crippen LogP contribution in [0.15, 0.2) is 16.5 Å². The van der Waals surface area contributed by atoms with Crippen molar-refractivity contribution in [3.8, 4) is 0 Å². The van der Waals surface area contributed by atoms with Gasteiger partial charge in [0.1, 0.15) is 11.5 Å². The predicted molar refractivity (Wildman–Crippen MR) is 70.9 cm³/mol. The Morgan fingerprint density at radius 1 is 1.59 bits per heavy atom. The monoisotopic (exact) mass is 256 g/mol. The van der Waals surface area contributed by atoms with Gasteiger partial charge in [0, 0.05) is 7.05 Å². The van der Waals surface area contributed by atoms with Crippen LogP contribution in [0.1, 0.15) is 17.9 Å². The third-order valence-electron chi connectivity index (χ3n) is 2.52. The number of furan rings is 1. The second-order valence-electron chi connectivity index (χ2n) is 4.09. The Morgan fingerprint density at radius 2 is 2.29 bits per heavy atom. The molecular weight excluding hydrogens is 236 g/mol. The van der Waals surface area contributed by atoms with Gasteiger partial charge in [-0.3, -0.25) is 4.79 Å². The molecule has 5 heteroatoms.